The van der Waals surface area contributed by atoms with Gasteiger partial charge in [0.2, 0.25) is 5.91 Å². The van der Waals surface area contributed by atoms with Crippen LogP contribution >= 0.6 is 0 Å². The lowest BCUT2D eigenvalue weighted by atomic mass is 9.91. The lowest BCUT2D eigenvalue weighted by molar-refractivity contribution is -0.134. The molecule has 3 aromatic rings. The Balaban J connectivity index is 1.31. The van der Waals surface area contributed by atoms with E-state index < -0.39 is 0 Å². The molecule has 0 saturated carbocycles. The van der Waals surface area contributed by atoms with Gasteiger partial charge >= 0.3 is 0 Å². The van der Waals surface area contributed by atoms with Gasteiger partial charge in [0.05, 0.1) is 11.9 Å². The average molecular weight is 448 g/mol. The fourth-order valence-electron chi connectivity index (χ4n) is 4.54. The lowest BCUT2D eigenvalue weighted by Gasteiger charge is -2.34. The van der Waals surface area contributed by atoms with E-state index in [0.29, 0.717) is 30.0 Å². The van der Waals surface area contributed by atoms with Gasteiger partial charge in [-0.15, -0.1) is 0 Å². The minimum Gasteiger partial charge on any atom is -0.364 e. The number of nitrogens with one attached hydrogen (secondary N) is 2. The third kappa shape index (κ3) is 4.27. The van der Waals surface area contributed by atoms with Crippen LogP contribution in [0.1, 0.15) is 56.0 Å². The molecular formula is C24H29N7O2. The molecule has 2 aliphatic heterocycles. The smallest absolute Gasteiger partial charge is 0.251 e. The first kappa shape index (κ1) is 21.4. The van der Waals surface area contributed by atoms with Crippen LogP contribution in [0.25, 0.3) is 16.9 Å². The van der Waals surface area contributed by atoms with E-state index in [-0.39, 0.29) is 23.3 Å². The van der Waals surface area contributed by atoms with E-state index in [1.165, 1.54) is 6.33 Å². The van der Waals surface area contributed by atoms with E-state index in [1.807, 2.05) is 23.1 Å². The van der Waals surface area contributed by atoms with Crippen molar-refractivity contribution in [2.24, 2.45) is 5.41 Å². The van der Waals surface area contributed by atoms with Gasteiger partial charge in [-0.2, -0.15) is 5.10 Å². The molecule has 33 heavy (non-hydrogen) atoms. The van der Waals surface area contributed by atoms with E-state index in [4.69, 9.17) is 0 Å². The van der Waals surface area contributed by atoms with Crippen molar-refractivity contribution in [2.45, 2.75) is 52.6 Å². The zero-order valence-electron chi connectivity index (χ0n) is 19.3. The number of anilines is 1. The molecule has 5 rings (SSSR count). The first-order chi connectivity index (χ1) is 15.8. The summed E-state index contributed by atoms with van der Waals surface area (Å²) in [6.45, 7) is 8.31. The molecule has 2 N–H and O–H groups in total. The van der Waals surface area contributed by atoms with E-state index in [0.717, 1.165) is 42.8 Å². The lowest BCUT2D eigenvalue weighted by Crippen LogP contribution is -2.43. The topological polar surface area (TPSA) is 105 Å². The summed E-state index contributed by atoms with van der Waals surface area (Å²) in [4.78, 5) is 35.5. The largest absolute Gasteiger partial charge is 0.364 e. The molecule has 0 unspecified atom stereocenters. The summed E-state index contributed by atoms with van der Waals surface area (Å²) in [5.74, 6) is 0.884. The molecule has 2 amide bonds. The van der Waals surface area contributed by atoms with E-state index >= 15 is 0 Å². The fourth-order valence-corrected chi connectivity index (χ4v) is 4.54. The SMILES string of the molecule is CC(C)(C)CC(=O)N1CCC(Nc2ncc(-c3ccc4c(c3)CNC4=O)n3ncnc23)CC1. The molecule has 172 valence electrons. The van der Waals surface area contributed by atoms with Gasteiger partial charge in [0, 0.05) is 43.2 Å². The highest BCUT2D eigenvalue weighted by molar-refractivity contribution is 5.98. The summed E-state index contributed by atoms with van der Waals surface area (Å²) in [5, 5.41) is 10.8. The van der Waals surface area contributed by atoms with Gasteiger partial charge in [-0.1, -0.05) is 26.8 Å². The third-order valence-corrected chi connectivity index (χ3v) is 6.26. The van der Waals surface area contributed by atoms with Gasteiger partial charge < -0.3 is 15.5 Å². The van der Waals surface area contributed by atoms with Gasteiger partial charge in [-0.3, -0.25) is 9.59 Å². The standard InChI is InChI=1S/C24H29N7O2/c1-24(2,3)11-20(32)30-8-6-17(7-9-30)29-21-22-27-14-28-31(22)19(13-25-21)15-4-5-18-16(10-15)12-26-23(18)33/h4-5,10,13-14,17H,6-9,11-12H2,1-3H3,(H,25,29)(H,26,33). The van der Waals surface area contributed by atoms with Crippen LogP contribution in [0, 0.1) is 5.41 Å². The Hall–Kier alpha value is -3.49. The Kier molecular flexibility index (Phi) is 5.26. The summed E-state index contributed by atoms with van der Waals surface area (Å²) >= 11 is 0. The monoisotopic (exact) mass is 447 g/mol. The van der Waals surface area contributed by atoms with Crippen molar-refractivity contribution >= 4 is 23.3 Å². The van der Waals surface area contributed by atoms with Crippen LogP contribution in [0.3, 0.4) is 0 Å². The Morgan fingerprint density at radius 3 is 2.76 bits per heavy atom. The third-order valence-electron chi connectivity index (χ3n) is 6.26. The molecule has 0 radical (unpaired) electrons. The van der Waals surface area contributed by atoms with Gasteiger partial charge in [0.15, 0.2) is 11.5 Å². The van der Waals surface area contributed by atoms with Crippen LogP contribution in [0.5, 0.6) is 0 Å². The molecule has 0 bridgehead atoms. The Morgan fingerprint density at radius 2 is 2.00 bits per heavy atom. The molecule has 0 aliphatic carbocycles. The Bertz CT molecular complexity index is 1220. The van der Waals surface area contributed by atoms with Crippen molar-refractivity contribution in [3.63, 3.8) is 0 Å². The predicted octanol–water partition coefficient (Wildman–Crippen LogP) is 2.87. The van der Waals surface area contributed by atoms with Crippen LogP contribution < -0.4 is 10.6 Å². The molecule has 4 heterocycles. The van der Waals surface area contributed by atoms with Crippen molar-refractivity contribution < 1.29 is 9.59 Å². The number of benzene rings is 1. The van der Waals surface area contributed by atoms with Crippen LogP contribution in [-0.2, 0) is 11.3 Å². The van der Waals surface area contributed by atoms with E-state index in [1.54, 1.807) is 10.7 Å². The number of carbonyl (C=O) groups is 2. The average Bonchev–Trinajstić information content (AvgIpc) is 3.41. The molecular weight excluding hydrogens is 418 g/mol. The zero-order chi connectivity index (χ0) is 23.2. The van der Waals surface area contributed by atoms with Crippen LogP contribution in [0.15, 0.2) is 30.7 Å². The second-order valence-electron chi connectivity index (χ2n) is 10.1. The summed E-state index contributed by atoms with van der Waals surface area (Å²) in [6.07, 6.45) is 5.62. The first-order valence-electron chi connectivity index (χ1n) is 11.4. The van der Waals surface area contributed by atoms with Crippen LogP contribution in [0.2, 0.25) is 0 Å². The van der Waals surface area contributed by atoms with Crippen LogP contribution in [0.4, 0.5) is 5.82 Å². The summed E-state index contributed by atoms with van der Waals surface area (Å²) in [7, 11) is 0. The minimum atomic E-state index is -0.0359. The highest BCUT2D eigenvalue weighted by Crippen LogP contribution is 2.28. The van der Waals surface area contributed by atoms with Gasteiger partial charge in [0.1, 0.15) is 6.33 Å². The maximum absolute atomic E-state index is 12.5. The number of rotatable bonds is 4. The summed E-state index contributed by atoms with van der Waals surface area (Å²) in [6, 6.07) is 5.98. The van der Waals surface area contributed by atoms with Crippen molar-refractivity contribution in [3.05, 3.63) is 41.9 Å². The molecule has 2 aliphatic rings. The molecule has 1 aromatic carbocycles. The molecule has 0 atom stereocenters. The normalized spacial score (nSPS) is 16.7. The summed E-state index contributed by atoms with van der Waals surface area (Å²) < 4.78 is 1.78. The number of likely N-dealkylation sites (tertiary alicyclic amines) is 1. The number of nitrogens with zero attached hydrogens (tertiary/aromatic N) is 5. The second kappa shape index (κ2) is 8.13. The highest BCUT2D eigenvalue weighted by atomic mass is 16.2. The van der Waals surface area contributed by atoms with E-state index in [9.17, 15) is 9.59 Å². The van der Waals surface area contributed by atoms with Crippen molar-refractivity contribution in [1.29, 1.82) is 0 Å². The van der Waals surface area contributed by atoms with Crippen molar-refractivity contribution in [3.8, 4) is 11.3 Å². The molecule has 9 heteroatoms. The molecule has 0 spiro atoms. The number of carbonyl (C=O) groups excluding carboxylic acids is 2. The van der Waals surface area contributed by atoms with Crippen molar-refractivity contribution in [2.75, 3.05) is 18.4 Å². The molecule has 1 saturated heterocycles. The van der Waals surface area contributed by atoms with Crippen LogP contribution in [-0.4, -0.2) is 55.4 Å². The fraction of sp³-hybridized carbons (Fsp3) is 0.458. The number of amides is 2. The van der Waals surface area contributed by atoms with Gasteiger partial charge in [-0.25, -0.2) is 14.5 Å². The summed E-state index contributed by atoms with van der Waals surface area (Å²) in [5.41, 5.74) is 4.10. The maximum atomic E-state index is 12.5. The zero-order valence-corrected chi connectivity index (χ0v) is 19.3. The molecule has 9 nitrogen and oxygen atoms in total. The van der Waals surface area contributed by atoms with Gasteiger partial charge in [0.25, 0.3) is 5.91 Å². The quantitative estimate of drug-likeness (QED) is 0.637. The highest BCUT2D eigenvalue weighted by Gasteiger charge is 2.27. The first-order valence-corrected chi connectivity index (χ1v) is 11.4. The predicted molar refractivity (Wildman–Crippen MR) is 125 cm³/mol. The second-order valence-corrected chi connectivity index (χ2v) is 10.1. The Morgan fingerprint density at radius 1 is 1.21 bits per heavy atom. The van der Waals surface area contributed by atoms with Crippen molar-refractivity contribution in [1.82, 2.24) is 29.8 Å². The minimum absolute atomic E-state index is 0.00199. The van der Waals surface area contributed by atoms with Gasteiger partial charge in [-0.05, 0) is 36.0 Å². The maximum Gasteiger partial charge on any atom is 0.251 e. The molecule has 2 aromatic heterocycles. The number of hydrogen-bond donors (Lipinski definition) is 2. The number of piperidine rings is 1. The van der Waals surface area contributed by atoms with E-state index in [2.05, 4.69) is 46.5 Å². The number of aromatic nitrogens is 4. The Labute approximate surface area is 192 Å². The molecule has 1 fully saturated rings. The number of fused-ring (bicyclic) bond motifs is 2. The number of hydrogen-bond acceptors (Lipinski definition) is 6.